The summed E-state index contributed by atoms with van der Waals surface area (Å²) >= 11 is 0. The average Bonchev–Trinajstić information content (AvgIpc) is 3.04. The van der Waals surface area contributed by atoms with Gasteiger partial charge in [0.15, 0.2) is 0 Å². The van der Waals surface area contributed by atoms with E-state index in [9.17, 15) is 0 Å². The summed E-state index contributed by atoms with van der Waals surface area (Å²) in [5.74, 6) is 1.42. The van der Waals surface area contributed by atoms with Gasteiger partial charge in [-0.15, -0.1) is 0 Å². The van der Waals surface area contributed by atoms with Gasteiger partial charge in [-0.25, -0.2) is 4.98 Å². The molecule has 3 nitrogen and oxygen atoms in total. The van der Waals surface area contributed by atoms with E-state index in [0.29, 0.717) is 5.92 Å². The minimum atomic E-state index is 0.00333. The van der Waals surface area contributed by atoms with Crippen LogP contribution in [0.3, 0.4) is 0 Å². The van der Waals surface area contributed by atoms with E-state index >= 15 is 0 Å². The molecule has 3 rings (SSSR count). The highest BCUT2D eigenvalue weighted by Gasteiger charge is 2.30. The number of imidazole rings is 1. The lowest BCUT2D eigenvalue weighted by Gasteiger charge is -2.20. The minimum Gasteiger partial charge on any atom is -0.334 e. The lowest BCUT2D eigenvalue weighted by atomic mass is 9.93. The molecule has 0 spiro atoms. The van der Waals surface area contributed by atoms with Gasteiger partial charge in [0.1, 0.15) is 5.82 Å². The fourth-order valence-electron chi connectivity index (χ4n) is 3.03. The smallest absolute Gasteiger partial charge is 0.126 e. The average molecular weight is 241 g/mol. The molecule has 2 atom stereocenters. The third kappa shape index (κ3) is 1.75. The van der Waals surface area contributed by atoms with Crippen molar-refractivity contribution < 1.29 is 0 Å². The zero-order valence-corrected chi connectivity index (χ0v) is 10.7. The Labute approximate surface area is 108 Å². The van der Waals surface area contributed by atoms with Crippen LogP contribution in [0.25, 0.3) is 0 Å². The van der Waals surface area contributed by atoms with Gasteiger partial charge in [0.05, 0.1) is 6.04 Å². The van der Waals surface area contributed by atoms with Crippen LogP contribution in [-0.2, 0) is 13.0 Å². The first-order valence-electron chi connectivity index (χ1n) is 6.65. The molecule has 2 unspecified atom stereocenters. The van der Waals surface area contributed by atoms with Crippen molar-refractivity contribution in [3.8, 4) is 0 Å². The molecule has 2 N–H and O–H groups in total. The molecule has 2 aromatic rings. The second kappa shape index (κ2) is 4.58. The van der Waals surface area contributed by atoms with Crippen LogP contribution >= 0.6 is 0 Å². The fraction of sp³-hybridized carbons (Fsp3) is 0.400. The molecule has 0 saturated carbocycles. The van der Waals surface area contributed by atoms with E-state index in [1.54, 1.807) is 0 Å². The highest BCUT2D eigenvalue weighted by atomic mass is 15.1. The topological polar surface area (TPSA) is 43.8 Å². The van der Waals surface area contributed by atoms with E-state index in [4.69, 9.17) is 5.73 Å². The molecule has 3 heteroatoms. The number of aromatic nitrogens is 2. The van der Waals surface area contributed by atoms with Crippen LogP contribution < -0.4 is 5.73 Å². The van der Waals surface area contributed by atoms with Crippen molar-refractivity contribution in [3.63, 3.8) is 0 Å². The Morgan fingerprint density at radius 2 is 2.28 bits per heavy atom. The number of fused-ring (bicyclic) bond motifs is 1. The van der Waals surface area contributed by atoms with Crippen LogP contribution in [0.2, 0.25) is 0 Å². The van der Waals surface area contributed by atoms with Crippen molar-refractivity contribution in [3.05, 3.63) is 53.6 Å². The number of nitrogens with zero attached hydrogens (tertiary/aromatic N) is 2. The first kappa shape index (κ1) is 11.5. The number of rotatable bonds is 3. The zero-order valence-electron chi connectivity index (χ0n) is 10.7. The number of hydrogen-bond acceptors (Lipinski definition) is 2. The van der Waals surface area contributed by atoms with Crippen molar-refractivity contribution in [2.24, 2.45) is 5.73 Å². The summed E-state index contributed by atoms with van der Waals surface area (Å²) in [7, 11) is 0. The van der Waals surface area contributed by atoms with Gasteiger partial charge in [-0.1, -0.05) is 24.3 Å². The van der Waals surface area contributed by atoms with Gasteiger partial charge >= 0.3 is 0 Å². The third-order valence-electron chi connectivity index (χ3n) is 4.00. The quantitative estimate of drug-likeness (QED) is 0.897. The SMILES string of the molecule is CCn1ccnc1C(N)C1CCc2ccccc21. The summed E-state index contributed by atoms with van der Waals surface area (Å²) in [6.07, 6.45) is 6.13. The van der Waals surface area contributed by atoms with Crippen LogP contribution in [0.4, 0.5) is 0 Å². The van der Waals surface area contributed by atoms with E-state index in [2.05, 4.69) is 40.7 Å². The standard InChI is InChI=1S/C15H19N3/c1-2-18-10-9-17-15(18)14(16)13-8-7-11-5-3-4-6-12(11)13/h3-6,9-10,13-14H,2,7-8,16H2,1H3. The summed E-state index contributed by atoms with van der Waals surface area (Å²) in [6, 6.07) is 8.65. The Balaban J connectivity index is 1.93. The van der Waals surface area contributed by atoms with Gasteiger partial charge in [-0.2, -0.15) is 0 Å². The molecule has 0 aliphatic heterocycles. The van der Waals surface area contributed by atoms with E-state index in [0.717, 1.165) is 25.2 Å². The van der Waals surface area contributed by atoms with E-state index in [-0.39, 0.29) is 6.04 Å². The lowest BCUT2D eigenvalue weighted by Crippen LogP contribution is -2.22. The summed E-state index contributed by atoms with van der Waals surface area (Å²) in [4.78, 5) is 4.44. The maximum absolute atomic E-state index is 6.45. The van der Waals surface area contributed by atoms with Crippen molar-refractivity contribution in [1.82, 2.24) is 9.55 Å². The normalized spacial score (nSPS) is 19.8. The maximum Gasteiger partial charge on any atom is 0.126 e. The summed E-state index contributed by atoms with van der Waals surface area (Å²) in [5, 5.41) is 0. The van der Waals surface area contributed by atoms with Crippen molar-refractivity contribution in [2.75, 3.05) is 0 Å². The largest absolute Gasteiger partial charge is 0.334 e. The molecule has 0 fully saturated rings. The second-order valence-electron chi connectivity index (χ2n) is 4.94. The first-order chi connectivity index (χ1) is 8.81. The number of aryl methyl sites for hydroxylation is 2. The Morgan fingerprint density at radius 3 is 3.11 bits per heavy atom. The molecule has 1 aliphatic rings. The fourth-order valence-corrected chi connectivity index (χ4v) is 3.03. The van der Waals surface area contributed by atoms with Gasteiger partial charge < -0.3 is 10.3 Å². The van der Waals surface area contributed by atoms with E-state index in [1.807, 2.05) is 12.4 Å². The number of nitrogens with two attached hydrogens (primary N) is 1. The van der Waals surface area contributed by atoms with Crippen LogP contribution in [0.15, 0.2) is 36.7 Å². The van der Waals surface area contributed by atoms with Crippen LogP contribution in [0.1, 0.15) is 42.3 Å². The molecule has 0 amide bonds. The van der Waals surface area contributed by atoms with Gasteiger partial charge in [-0.3, -0.25) is 0 Å². The Bertz CT molecular complexity index is 544. The summed E-state index contributed by atoms with van der Waals surface area (Å²) in [6.45, 7) is 3.05. The predicted octanol–water partition coefficient (Wildman–Crippen LogP) is 2.63. The molecule has 1 aromatic heterocycles. The van der Waals surface area contributed by atoms with Crippen molar-refractivity contribution in [2.45, 2.75) is 38.3 Å². The zero-order chi connectivity index (χ0) is 12.5. The van der Waals surface area contributed by atoms with Gasteiger partial charge in [0, 0.05) is 24.9 Å². The number of hydrogen-bond donors (Lipinski definition) is 1. The molecular weight excluding hydrogens is 222 g/mol. The van der Waals surface area contributed by atoms with E-state index < -0.39 is 0 Å². The predicted molar refractivity (Wildman–Crippen MR) is 72.3 cm³/mol. The van der Waals surface area contributed by atoms with Gasteiger partial charge in [-0.05, 0) is 30.9 Å². The first-order valence-corrected chi connectivity index (χ1v) is 6.65. The van der Waals surface area contributed by atoms with Crippen molar-refractivity contribution >= 4 is 0 Å². The molecule has 1 aromatic carbocycles. The summed E-state index contributed by atoms with van der Waals surface area (Å²) < 4.78 is 2.14. The monoisotopic (exact) mass is 241 g/mol. The molecule has 18 heavy (non-hydrogen) atoms. The molecule has 94 valence electrons. The highest BCUT2D eigenvalue weighted by molar-refractivity contribution is 5.36. The molecule has 0 radical (unpaired) electrons. The van der Waals surface area contributed by atoms with E-state index in [1.165, 1.54) is 11.1 Å². The molecule has 1 aliphatic carbocycles. The molecule has 1 heterocycles. The second-order valence-corrected chi connectivity index (χ2v) is 4.94. The Kier molecular flexibility index (Phi) is 2.92. The summed E-state index contributed by atoms with van der Waals surface area (Å²) in [5.41, 5.74) is 9.32. The van der Waals surface area contributed by atoms with Crippen LogP contribution in [0, 0.1) is 0 Å². The van der Waals surface area contributed by atoms with Gasteiger partial charge in [0.25, 0.3) is 0 Å². The highest BCUT2D eigenvalue weighted by Crippen LogP contribution is 2.39. The Morgan fingerprint density at radius 1 is 1.44 bits per heavy atom. The maximum atomic E-state index is 6.45. The number of benzene rings is 1. The molecular formula is C15H19N3. The van der Waals surface area contributed by atoms with Crippen LogP contribution in [-0.4, -0.2) is 9.55 Å². The molecule has 0 bridgehead atoms. The Hall–Kier alpha value is -1.61. The minimum absolute atomic E-state index is 0.00333. The van der Waals surface area contributed by atoms with Crippen molar-refractivity contribution in [1.29, 1.82) is 0 Å². The van der Waals surface area contributed by atoms with Gasteiger partial charge in [0.2, 0.25) is 0 Å². The molecule has 0 saturated heterocycles. The van der Waals surface area contributed by atoms with Crippen LogP contribution in [0.5, 0.6) is 0 Å². The third-order valence-corrected chi connectivity index (χ3v) is 4.00. The lowest BCUT2D eigenvalue weighted by molar-refractivity contribution is 0.501.